The van der Waals surface area contributed by atoms with Crippen LogP contribution >= 0.6 is 0 Å². The number of hydrogen-bond donors (Lipinski definition) is 3. The Balaban J connectivity index is 1.62. The minimum absolute atomic E-state index is 0.180. The largest absolute Gasteiger partial charge is 0.352 e. The van der Waals surface area contributed by atoms with Gasteiger partial charge in [0.1, 0.15) is 0 Å². The number of benzene rings is 2. The van der Waals surface area contributed by atoms with Gasteiger partial charge in [0.15, 0.2) is 0 Å². The van der Waals surface area contributed by atoms with E-state index in [9.17, 15) is 9.59 Å². The molecule has 0 unspecified atom stereocenters. The summed E-state index contributed by atoms with van der Waals surface area (Å²) in [5, 5.41) is 5.61. The van der Waals surface area contributed by atoms with E-state index in [0.717, 1.165) is 24.0 Å². The highest BCUT2D eigenvalue weighted by Crippen LogP contribution is 2.45. The first kappa shape index (κ1) is 15.1. The predicted molar refractivity (Wildman–Crippen MR) is 88.5 cm³/mol. The number of nitrogens with two attached hydrogens (primary N) is 1. The molecule has 3 rings (SSSR count). The normalized spacial score (nSPS) is 14.8. The van der Waals surface area contributed by atoms with Gasteiger partial charge in [-0.05, 0) is 36.1 Å². The molecule has 117 valence electrons. The first-order chi connectivity index (χ1) is 11.1. The zero-order valence-electron chi connectivity index (χ0n) is 12.6. The predicted octanol–water partition coefficient (Wildman–Crippen LogP) is 2.54. The van der Waals surface area contributed by atoms with Crippen LogP contribution in [0.15, 0.2) is 54.6 Å². The number of urea groups is 1. The van der Waals surface area contributed by atoms with E-state index in [2.05, 4.69) is 10.6 Å². The zero-order chi connectivity index (χ0) is 16.3. The molecule has 1 saturated carbocycles. The maximum absolute atomic E-state index is 12.0. The van der Waals surface area contributed by atoms with Crippen molar-refractivity contribution in [2.45, 2.75) is 18.4 Å². The molecule has 0 spiro atoms. The summed E-state index contributed by atoms with van der Waals surface area (Å²) in [5.74, 6) is -0.180. The molecule has 0 saturated heterocycles. The summed E-state index contributed by atoms with van der Waals surface area (Å²) >= 11 is 0. The molecule has 1 aliphatic rings. The van der Waals surface area contributed by atoms with Crippen molar-refractivity contribution in [3.05, 3.63) is 72.1 Å². The molecule has 3 amide bonds. The minimum Gasteiger partial charge on any atom is -0.352 e. The molecule has 2 aromatic carbocycles. The Morgan fingerprint density at radius 3 is 2.22 bits per heavy atom. The summed E-state index contributed by atoms with van der Waals surface area (Å²) in [6.45, 7) is 0. The number of carbonyl (C=O) groups excluding carboxylic acids is 2. The summed E-state index contributed by atoms with van der Waals surface area (Å²) in [6.07, 6.45) is 3.30. The standard InChI is InChI=1S/C18H18N3O2/c19-17(23)21-18(10-11-18)14-6-8-15(9-7-14)20-16(22)12-13-4-2-1-3-5-13/h1-9,12H,10-11H2,(H,20,22)(H3,19,21,23). The summed E-state index contributed by atoms with van der Waals surface area (Å²) in [4.78, 5) is 23.0. The van der Waals surface area contributed by atoms with E-state index in [0.29, 0.717) is 5.69 Å². The van der Waals surface area contributed by atoms with Gasteiger partial charge in [-0.1, -0.05) is 42.5 Å². The highest BCUT2D eigenvalue weighted by atomic mass is 16.2. The van der Waals surface area contributed by atoms with Gasteiger partial charge in [0.05, 0.1) is 12.0 Å². The van der Waals surface area contributed by atoms with Crippen molar-refractivity contribution in [2.75, 3.05) is 5.32 Å². The Kier molecular flexibility index (Phi) is 4.02. The van der Waals surface area contributed by atoms with E-state index in [4.69, 9.17) is 5.73 Å². The summed E-state index contributed by atoms with van der Waals surface area (Å²) < 4.78 is 0. The van der Waals surface area contributed by atoms with Crippen molar-refractivity contribution >= 4 is 17.6 Å². The van der Waals surface area contributed by atoms with Gasteiger partial charge < -0.3 is 16.4 Å². The van der Waals surface area contributed by atoms with E-state index in [1.165, 1.54) is 0 Å². The van der Waals surface area contributed by atoms with Crippen molar-refractivity contribution in [2.24, 2.45) is 5.73 Å². The van der Waals surface area contributed by atoms with Gasteiger partial charge >= 0.3 is 6.03 Å². The van der Waals surface area contributed by atoms with Crippen LogP contribution in [0.25, 0.3) is 0 Å². The van der Waals surface area contributed by atoms with Crippen LogP contribution in [0.3, 0.4) is 0 Å². The molecular weight excluding hydrogens is 290 g/mol. The van der Waals surface area contributed by atoms with E-state index in [1.54, 1.807) is 6.42 Å². The van der Waals surface area contributed by atoms with Crippen LogP contribution in [0.1, 0.15) is 24.0 Å². The van der Waals surface area contributed by atoms with Crippen LogP contribution in [0, 0.1) is 6.42 Å². The van der Waals surface area contributed by atoms with Gasteiger partial charge in [-0.2, -0.15) is 0 Å². The Bertz CT molecular complexity index is 707. The fraction of sp³-hybridized carbons (Fsp3) is 0.167. The molecule has 1 radical (unpaired) electrons. The Morgan fingerprint density at radius 1 is 1.00 bits per heavy atom. The highest BCUT2D eigenvalue weighted by Gasteiger charge is 2.45. The lowest BCUT2D eigenvalue weighted by molar-refractivity contribution is -0.112. The lowest BCUT2D eigenvalue weighted by Crippen LogP contribution is -2.38. The second-order valence-corrected chi connectivity index (χ2v) is 5.69. The average Bonchev–Trinajstić information content (AvgIpc) is 3.28. The molecule has 5 nitrogen and oxygen atoms in total. The maximum Gasteiger partial charge on any atom is 0.312 e. The second-order valence-electron chi connectivity index (χ2n) is 5.69. The molecule has 1 fully saturated rings. The van der Waals surface area contributed by atoms with Crippen LogP contribution in [0.2, 0.25) is 0 Å². The van der Waals surface area contributed by atoms with Crippen molar-refractivity contribution in [1.29, 1.82) is 0 Å². The lowest BCUT2D eigenvalue weighted by Gasteiger charge is -2.16. The van der Waals surface area contributed by atoms with E-state index >= 15 is 0 Å². The molecule has 4 N–H and O–H groups in total. The number of amides is 3. The highest BCUT2D eigenvalue weighted by molar-refractivity contribution is 5.99. The topological polar surface area (TPSA) is 84.2 Å². The lowest BCUT2D eigenvalue weighted by atomic mass is 10.0. The third kappa shape index (κ3) is 3.69. The summed E-state index contributed by atoms with van der Waals surface area (Å²) in [7, 11) is 0. The van der Waals surface area contributed by atoms with Crippen LogP contribution < -0.4 is 16.4 Å². The first-order valence-electron chi connectivity index (χ1n) is 7.46. The third-order valence-electron chi connectivity index (χ3n) is 3.91. The van der Waals surface area contributed by atoms with Gasteiger partial charge in [0.2, 0.25) is 5.91 Å². The van der Waals surface area contributed by atoms with Gasteiger partial charge in [0.25, 0.3) is 0 Å². The molecule has 0 aromatic heterocycles. The van der Waals surface area contributed by atoms with E-state index < -0.39 is 6.03 Å². The van der Waals surface area contributed by atoms with E-state index in [1.807, 2.05) is 54.6 Å². The summed E-state index contributed by atoms with van der Waals surface area (Å²) in [6, 6.07) is 16.4. The third-order valence-corrected chi connectivity index (χ3v) is 3.91. The molecule has 1 aliphatic carbocycles. The van der Waals surface area contributed by atoms with Crippen LogP contribution in [0.4, 0.5) is 10.5 Å². The number of hydrogen-bond acceptors (Lipinski definition) is 2. The maximum atomic E-state index is 12.0. The summed E-state index contributed by atoms with van der Waals surface area (Å²) in [5.41, 5.74) is 7.45. The van der Waals surface area contributed by atoms with Gasteiger partial charge in [-0.15, -0.1) is 0 Å². The molecule has 0 atom stereocenters. The molecule has 0 heterocycles. The molecule has 23 heavy (non-hydrogen) atoms. The minimum atomic E-state index is -0.516. The van der Waals surface area contributed by atoms with Crippen LogP contribution in [0.5, 0.6) is 0 Å². The fourth-order valence-corrected chi connectivity index (χ4v) is 2.60. The molecular formula is C18H18N3O2. The molecule has 0 aliphatic heterocycles. The van der Waals surface area contributed by atoms with E-state index in [-0.39, 0.29) is 11.4 Å². The quantitative estimate of drug-likeness (QED) is 0.793. The Hall–Kier alpha value is -2.82. The smallest absolute Gasteiger partial charge is 0.312 e. The molecule has 2 aromatic rings. The van der Waals surface area contributed by atoms with Gasteiger partial charge in [0, 0.05) is 5.69 Å². The van der Waals surface area contributed by atoms with Crippen molar-refractivity contribution in [3.8, 4) is 0 Å². The molecule has 0 bridgehead atoms. The van der Waals surface area contributed by atoms with Crippen LogP contribution in [-0.2, 0) is 10.3 Å². The number of nitrogens with one attached hydrogen (secondary N) is 2. The Morgan fingerprint density at radius 2 is 1.65 bits per heavy atom. The van der Waals surface area contributed by atoms with Gasteiger partial charge in [-0.25, -0.2) is 4.79 Å². The average molecular weight is 308 g/mol. The zero-order valence-corrected chi connectivity index (χ0v) is 12.6. The monoisotopic (exact) mass is 308 g/mol. The number of anilines is 1. The fourth-order valence-electron chi connectivity index (χ4n) is 2.60. The Labute approximate surface area is 134 Å². The molecule has 5 heteroatoms. The number of primary amides is 1. The first-order valence-corrected chi connectivity index (χ1v) is 7.46. The van der Waals surface area contributed by atoms with Crippen molar-refractivity contribution in [1.82, 2.24) is 5.32 Å². The number of carbonyl (C=O) groups is 2. The number of rotatable bonds is 5. The second kappa shape index (κ2) is 6.12. The van der Waals surface area contributed by atoms with Gasteiger partial charge in [-0.3, -0.25) is 4.79 Å². The van der Waals surface area contributed by atoms with Crippen LogP contribution in [-0.4, -0.2) is 11.9 Å². The SMILES string of the molecule is NC(=O)NC1(c2ccc(NC(=O)[CH]c3ccccc3)cc2)CC1. The van der Waals surface area contributed by atoms with Crippen molar-refractivity contribution in [3.63, 3.8) is 0 Å². The van der Waals surface area contributed by atoms with Crippen molar-refractivity contribution < 1.29 is 9.59 Å².